The molecule has 0 radical (unpaired) electrons. The third-order valence-corrected chi connectivity index (χ3v) is 3.84. The molecule has 0 spiro atoms. The summed E-state index contributed by atoms with van der Waals surface area (Å²) in [5.74, 6) is 0.0995. The zero-order chi connectivity index (χ0) is 15.9. The molecule has 3 aromatic rings. The molecule has 0 atom stereocenters. The quantitative estimate of drug-likeness (QED) is 0.649. The Morgan fingerprint density at radius 2 is 2.04 bits per heavy atom. The molecule has 6 heteroatoms. The molecule has 2 aromatic heterocycles. The molecular weight excluding hydrogens is 290 g/mol. The van der Waals surface area contributed by atoms with E-state index in [2.05, 4.69) is 50.4 Å². The summed E-state index contributed by atoms with van der Waals surface area (Å²) in [6, 6.07) is 10.5. The number of hydrogen-bond donors (Lipinski definition) is 1. The van der Waals surface area contributed by atoms with E-state index in [0.29, 0.717) is 13.0 Å². The molecule has 1 amide bonds. The molecule has 0 saturated heterocycles. The Hall–Kier alpha value is -2.63. The van der Waals surface area contributed by atoms with Crippen molar-refractivity contribution >= 4 is 16.8 Å². The van der Waals surface area contributed by atoms with Crippen molar-refractivity contribution in [2.45, 2.75) is 32.4 Å². The number of amides is 1. The van der Waals surface area contributed by atoms with Crippen LogP contribution >= 0.6 is 0 Å². The van der Waals surface area contributed by atoms with E-state index >= 15 is 0 Å². The van der Waals surface area contributed by atoms with E-state index in [9.17, 15) is 4.79 Å². The molecule has 3 rings (SSSR count). The van der Waals surface area contributed by atoms with E-state index in [0.717, 1.165) is 25.9 Å². The van der Waals surface area contributed by atoms with E-state index in [-0.39, 0.29) is 5.91 Å². The molecule has 120 valence electrons. The number of carbonyl (C=O) groups excluding carboxylic acids is 1. The maximum absolute atomic E-state index is 11.8. The van der Waals surface area contributed by atoms with Crippen LogP contribution in [0.5, 0.6) is 0 Å². The molecule has 0 saturated carbocycles. The average molecular weight is 311 g/mol. The molecule has 0 unspecified atom stereocenters. The lowest BCUT2D eigenvalue weighted by Gasteiger charge is -2.07. The highest BCUT2D eigenvalue weighted by molar-refractivity contribution is 5.79. The van der Waals surface area contributed by atoms with Gasteiger partial charge in [-0.15, -0.1) is 0 Å². The molecule has 0 aliphatic heterocycles. The van der Waals surface area contributed by atoms with E-state index in [4.69, 9.17) is 0 Å². The van der Waals surface area contributed by atoms with E-state index in [1.54, 1.807) is 11.0 Å². The second-order valence-corrected chi connectivity index (χ2v) is 5.53. The van der Waals surface area contributed by atoms with Gasteiger partial charge in [0.2, 0.25) is 5.91 Å². The lowest BCUT2D eigenvalue weighted by Crippen LogP contribution is -2.25. The van der Waals surface area contributed by atoms with Gasteiger partial charge in [-0.25, -0.2) is 4.98 Å². The summed E-state index contributed by atoms with van der Waals surface area (Å²) in [6.45, 7) is 2.34. The van der Waals surface area contributed by atoms with Crippen LogP contribution in [0.1, 0.15) is 19.3 Å². The van der Waals surface area contributed by atoms with Crippen molar-refractivity contribution < 1.29 is 4.79 Å². The average Bonchev–Trinajstić information content (AvgIpc) is 3.21. The van der Waals surface area contributed by atoms with Crippen molar-refractivity contribution in [2.24, 2.45) is 0 Å². The van der Waals surface area contributed by atoms with Gasteiger partial charge in [0.25, 0.3) is 0 Å². The smallest absolute Gasteiger partial charge is 0.220 e. The first kappa shape index (κ1) is 15.3. The number of aromatic nitrogens is 4. The van der Waals surface area contributed by atoms with Gasteiger partial charge in [-0.1, -0.05) is 18.2 Å². The van der Waals surface area contributed by atoms with Gasteiger partial charge in [-0.2, -0.15) is 5.10 Å². The molecular formula is C17H21N5O. The summed E-state index contributed by atoms with van der Waals surface area (Å²) in [7, 11) is 0. The van der Waals surface area contributed by atoms with Gasteiger partial charge < -0.3 is 9.88 Å². The minimum atomic E-state index is 0.0995. The molecule has 23 heavy (non-hydrogen) atoms. The molecule has 6 nitrogen and oxygen atoms in total. The zero-order valence-corrected chi connectivity index (χ0v) is 13.1. The molecule has 0 aliphatic carbocycles. The number of carbonyl (C=O) groups is 1. The lowest BCUT2D eigenvalue weighted by molar-refractivity contribution is -0.121. The number of nitrogens with zero attached hydrogens (tertiary/aromatic N) is 4. The normalized spacial score (nSPS) is 11.0. The standard InChI is InChI=1S/C17H21N5O/c23-17(7-3-11-22-14-18-13-20-22)19-9-4-10-21-12-8-15-5-1-2-6-16(15)21/h1-2,5-6,8,12-14H,3-4,7,9-11H2,(H,19,23). The van der Waals surface area contributed by atoms with Crippen molar-refractivity contribution in [3.05, 3.63) is 49.2 Å². The third kappa shape index (κ3) is 4.18. The molecule has 1 N–H and O–H groups in total. The first-order chi connectivity index (χ1) is 11.3. The molecule has 0 aliphatic rings. The van der Waals surface area contributed by atoms with Gasteiger partial charge in [0.05, 0.1) is 0 Å². The van der Waals surface area contributed by atoms with Crippen LogP contribution in [-0.2, 0) is 17.9 Å². The van der Waals surface area contributed by atoms with Crippen molar-refractivity contribution in [1.29, 1.82) is 0 Å². The molecule has 1 aromatic carbocycles. The van der Waals surface area contributed by atoms with E-state index in [1.165, 1.54) is 17.2 Å². The Kier molecular flexibility index (Phi) is 5.03. The maximum Gasteiger partial charge on any atom is 0.220 e. The largest absolute Gasteiger partial charge is 0.356 e. The van der Waals surface area contributed by atoms with Crippen LogP contribution in [0.2, 0.25) is 0 Å². The summed E-state index contributed by atoms with van der Waals surface area (Å²) < 4.78 is 3.97. The first-order valence-electron chi connectivity index (χ1n) is 7.96. The SMILES string of the molecule is O=C(CCCn1cncn1)NCCCn1ccc2ccccc21. The Labute approximate surface area is 135 Å². The Bertz CT molecular complexity index is 747. The number of fused-ring (bicyclic) bond motifs is 1. The number of rotatable bonds is 8. The van der Waals surface area contributed by atoms with Crippen molar-refractivity contribution in [3.8, 4) is 0 Å². The minimum Gasteiger partial charge on any atom is -0.356 e. The van der Waals surface area contributed by atoms with Gasteiger partial charge in [-0.05, 0) is 30.4 Å². The van der Waals surface area contributed by atoms with Crippen molar-refractivity contribution in [2.75, 3.05) is 6.54 Å². The van der Waals surface area contributed by atoms with Crippen LogP contribution in [0.25, 0.3) is 10.9 Å². The lowest BCUT2D eigenvalue weighted by atomic mass is 10.2. The van der Waals surface area contributed by atoms with Crippen molar-refractivity contribution in [3.63, 3.8) is 0 Å². The van der Waals surface area contributed by atoms with Crippen LogP contribution < -0.4 is 5.32 Å². The fraction of sp³-hybridized carbons (Fsp3) is 0.353. The molecule has 2 heterocycles. The summed E-state index contributed by atoms with van der Waals surface area (Å²) >= 11 is 0. The van der Waals surface area contributed by atoms with Crippen LogP contribution in [0.4, 0.5) is 0 Å². The Balaban J connectivity index is 1.34. The Morgan fingerprint density at radius 3 is 2.91 bits per heavy atom. The van der Waals surface area contributed by atoms with Gasteiger partial charge in [0.15, 0.2) is 0 Å². The van der Waals surface area contributed by atoms with Crippen LogP contribution in [0.15, 0.2) is 49.2 Å². The summed E-state index contributed by atoms with van der Waals surface area (Å²) in [6.07, 6.45) is 7.49. The third-order valence-electron chi connectivity index (χ3n) is 3.84. The topological polar surface area (TPSA) is 64.7 Å². The fourth-order valence-electron chi connectivity index (χ4n) is 2.65. The number of aryl methyl sites for hydroxylation is 2. The number of hydrogen-bond acceptors (Lipinski definition) is 3. The van der Waals surface area contributed by atoms with Crippen LogP contribution in [-0.4, -0.2) is 31.8 Å². The van der Waals surface area contributed by atoms with E-state index < -0.39 is 0 Å². The van der Waals surface area contributed by atoms with Gasteiger partial charge in [0, 0.05) is 37.8 Å². The summed E-state index contributed by atoms with van der Waals surface area (Å²) in [5, 5.41) is 8.24. The summed E-state index contributed by atoms with van der Waals surface area (Å²) in [4.78, 5) is 15.7. The molecule has 0 fully saturated rings. The Morgan fingerprint density at radius 1 is 1.13 bits per heavy atom. The summed E-state index contributed by atoms with van der Waals surface area (Å²) in [5.41, 5.74) is 1.24. The maximum atomic E-state index is 11.8. The van der Waals surface area contributed by atoms with E-state index in [1.807, 2.05) is 6.07 Å². The fourth-order valence-corrected chi connectivity index (χ4v) is 2.65. The highest BCUT2D eigenvalue weighted by atomic mass is 16.1. The second kappa shape index (κ2) is 7.58. The van der Waals surface area contributed by atoms with Gasteiger partial charge >= 0.3 is 0 Å². The van der Waals surface area contributed by atoms with Gasteiger partial charge in [-0.3, -0.25) is 9.48 Å². The number of benzene rings is 1. The number of nitrogens with one attached hydrogen (secondary N) is 1. The van der Waals surface area contributed by atoms with Crippen LogP contribution in [0, 0.1) is 0 Å². The van der Waals surface area contributed by atoms with Crippen LogP contribution in [0.3, 0.4) is 0 Å². The zero-order valence-electron chi connectivity index (χ0n) is 13.1. The first-order valence-corrected chi connectivity index (χ1v) is 7.96. The molecule has 0 bridgehead atoms. The second-order valence-electron chi connectivity index (χ2n) is 5.53. The highest BCUT2D eigenvalue weighted by Crippen LogP contribution is 2.15. The highest BCUT2D eigenvalue weighted by Gasteiger charge is 2.02. The van der Waals surface area contributed by atoms with Gasteiger partial charge in [0.1, 0.15) is 12.7 Å². The predicted octanol–water partition coefficient (Wildman–Crippen LogP) is 2.22. The van der Waals surface area contributed by atoms with Crippen molar-refractivity contribution in [1.82, 2.24) is 24.6 Å². The monoisotopic (exact) mass is 311 g/mol. The number of para-hydroxylation sites is 1. The minimum absolute atomic E-state index is 0.0995. The predicted molar refractivity (Wildman–Crippen MR) is 88.8 cm³/mol.